The van der Waals surface area contributed by atoms with Crippen molar-refractivity contribution in [1.29, 1.82) is 5.26 Å². The van der Waals surface area contributed by atoms with Gasteiger partial charge >= 0.3 is 0 Å². The first-order valence-electron chi connectivity index (χ1n) is 6.22. The first-order chi connectivity index (χ1) is 10.1. The first-order valence-corrected chi connectivity index (χ1v) is 8.18. The molecular formula is C14H12N4OS2. The fourth-order valence-corrected chi connectivity index (χ4v) is 4.08. The first kappa shape index (κ1) is 13.8. The van der Waals surface area contributed by atoms with Crippen LogP contribution in [0.5, 0.6) is 0 Å². The van der Waals surface area contributed by atoms with Crippen LogP contribution in [0.4, 0.5) is 5.69 Å². The minimum atomic E-state index is -1.37. The normalized spacial score (nSPS) is 12.2. The molecule has 5 nitrogen and oxygen atoms in total. The van der Waals surface area contributed by atoms with E-state index in [2.05, 4.69) is 20.8 Å². The number of hydrogen-bond donors (Lipinski definition) is 2. The van der Waals surface area contributed by atoms with E-state index in [1.54, 1.807) is 12.4 Å². The lowest BCUT2D eigenvalue weighted by Crippen LogP contribution is -2.03. The number of nitrogens with one attached hydrogen (secondary N) is 2. The summed E-state index contributed by atoms with van der Waals surface area (Å²) in [5.74, 6) is 0. The molecule has 0 amide bonds. The molecule has 0 saturated heterocycles. The molecular weight excluding hydrogens is 304 g/mol. The summed E-state index contributed by atoms with van der Waals surface area (Å²) >= 11 is 1.40. The second-order valence-electron chi connectivity index (χ2n) is 4.56. The molecule has 2 heterocycles. The van der Waals surface area contributed by atoms with Crippen LogP contribution in [0.25, 0.3) is 10.9 Å². The Labute approximate surface area is 128 Å². The van der Waals surface area contributed by atoms with Gasteiger partial charge in [0.05, 0.1) is 28.0 Å². The maximum absolute atomic E-state index is 12.3. The van der Waals surface area contributed by atoms with Crippen LogP contribution in [-0.4, -0.2) is 14.2 Å². The molecule has 0 aliphatic heterocycles. The van der Waals surface area contributed by atoms with Crippen molar-refractivity contribution < 1.29 is 4.21 Å². The second kappa shape index (κ2) is 5.31. The lowest BCUT2D eigenvalue weighted by Gasteiger charge is -2.07. The van der Waals surface area contributed by atoms with E-state index in [0.29, 0.717) is 15.5 Å². The van der Waals surface area contributed by atoms with Gasteiger partial charge in [0, 0.05) is 11.6 Å². The van der Waals surface area contributed by atoms with Gasteiger partial charge in [-0.3, -0.25) is 4.72 Å². The molecule has 1 atom stereocenters. The Morgan fingerprint density at radius 2 is 2.24 bits per heavy atom. The van der Waals surface area contributed by atoms with Crippen molar-refractivity contribution in [2.75, 3.05) is 4.72 Å². The Bertz CT molecular complexity index is 888. The molecule has 1 unspecified atom stereocenters. The number of anilines is 1. The molecule has 0 radical (unpaired) electrons. The molecule has 0 saturated carbocycles. The van der Waals surface area contributed by atoms with Crippen LogP contribution in [0.2, 0.25) is 0 Å². The van der Waals surface area contributed by atoms with Crippen LogP contribution in [0, 0.1) is 25.2 Å². The third-order valence-electron chi connectivity index (χ3n) is 3.15. The molecule has 3 rings (SSSR count). The molecule has 2 aromatic heterocycles. The standard InChI is InChI=1S/C14H12N4OS2/c1-8-3-4-11(14-13(8)10(5-15)6-17-14)18-21(19)12-7-16-9(2)20-12/h3-4,6-7,17-18H,1-2H3. The van der Waals surface area contributed by atoms with E-state index in [1.807, 2.05) is 26.0 Å². The van der Waals surface area contributed by atoms with E-state index in [1.165, 1.54) is 11.3 Å². The van der Waals surface area contributed by atoms with Gasteiger partial charge in [-0.2, -0.15) is 5.26 Å². The van der Waals surface area contributed by atoms with Gasteiger partial charge in [0.2, 0.25) is 0 Å². The topological polar surface area (TPSA) is 81.6 Å². The van der Waals surface area contributed by atoms with Gasteiger partial charge < -0.3 is 4.98 Å². The number of nitriles is 1. The van der Waals surface area contributed by atoms with E-state index >= 15 is 0 Å². The van der Waals surface area contributed by atoms with Gasteiger partial charge in [-0.15, -0.1) is 11.3 Å². The van der Waals surface area contributed by atoms with Crippen LogP contribution in [0.15, 0.2) is 28.7 Å². The second-order valence-corrected chi connectivity index (χ2v) is 7.24. The van der Waals surface area contributed by atoms with Crippen molar-refractivity contribution in [2.45, 2.75) is 18.1 Å². The summed E-state index contributed by atoms with van der Waals surface area (Å²) in [6.07, 6.45) is 3.28. The van der Waals surface area contributed by atoms with E-state index < -0.39 is 11.0 Å². The van der Waals surface area contributed by atoms with E-state index in [9.17, 15) is 4.21 Å². The fraction of sp³-hybridized carbons (Fsp3) is 0.143. The molecule has 1 aromatic carbocycles. The number of H-pyrrole nitrogens is 1. The van der Waals surface area contributed by atoms with Gasteiger partial charge in [0.1, 0.15) is 10.3 Å². The molecule has 0 spiro atoms. The van der Waals surface area contributed by atoms with Gasteiger partial charge in [0.25, 0.3) is 0 Å². The van der Waals surface area contributed by atoms with Crippen LogP contribution in [-0.2, 0) is 11.0 Å². The molecule has 3 aromatic rings. The highest BCUT2D eigenvalue weighted by Gasteiger charge is 2.13. The minimum absolute atomic E-state index is 0.588. The predicted molar refractivity (Wildman–Crippen MR) is 84.6 cm³/mol. The van der Waals surface area contributed by atoms with Crippen molar-refractivity contribution >= 4 is 38.9 Å². The Morgan fingerprint density at radius 3 is 2.90 bits per heavy atom. The number of fused-ring (bicyclic) bond motifs is 1. The zero-order valence-electron chi connectivity index (χ0n) is 11.4. The van der Waals surface area contributed by atoms with Crippen molar-refractivity contribution in [3.8, 4) is 6.07 Å². The maximum atomic E-state index is 12.3. The smallest absolute Gasteiger partial charge is 0.162 e. The Hall–Kier alpha value is -2.17. The van der Waals surface area contributed by atoms with Gasteiger partial charge in [0.15, 0.2) is 11.0 Å². The average Bonchev–Trinajstić information content (AvgIpc) is 3.08. The van der Waals surface area contributed by atoms with E-state index in [4.69, 9.17) is 5.26 Å². The fourth-order valence-electron chi connectivity index (χ4n) is 2.17. The van der Waals surface area contributed by atoms with Gasteiger partial charge in [-0.25, -0.2) is 9.19 Å². The predicted octanol–water partition coefficient (Wildman–Crippen LogP) is 3.25. The number of benzene rings is 1. The number of nitrogens with zero attached hydrogens (tertiary/aromatic N) is 2. The molecule has 21 heavy (non-hydrogen) atoms. The zero-order valence-corrected chi connectivity index (χ0v) is 13.1. The Balaban J connectivity index is 2.02. The van der Waals surface area contributed by atoms with Crippen molar-refractivity contribution in [1.82, 2.24) is 9.97 Å². The van der Waals surface area contributed by atoms with E-state index in [0.717, 1.165) is 21.5 Å². The summed E-state index contributed by atoms with van der Waals surface area (Å²) in [6.45, 7) is 3.82. The quantitative estimate of drug-likeness (QED) is 0.778. The number of aromatic amines is 1. The number of aryl methyl sites for hydroxylation is 2. The molecule has 0 fully saturated rings. The van der Waals surface area contributed by atoms with Gasteiger partial charge in [-0.1, -0.05) is 6.07 Å². The summed E-state index contributed by atoms with van der Waals surface area (Å²) in [4.78, 5) is 7.19. The van der Waals surface area contributed by atoms with Crippen LogP contribution in [0.3, 0.4) is 0 Å². The molecule has 0 aliphatic carbocycles. The van der Waals surface area contributed by atoms with Crippen LogP contribution >= 0.6 is 11.3 Å². The third-order valence-corrected chi connectivity index (χ3v) is 5.44. The Kier molecular flexibility index (Phi) is 3.49. The van der Waals surface area contributed by atoms with Crippen molar-refractivity contribution in [2.24, 2.45) is 0 Å². The summed E-state index contributed by atoms with van der Waals surface area (Å²) in [7, 11) is -1.37. The van der Waals surface area contributed by atoms with Crippen LogP contribution in [0.1, 0.15) is 16.1 Å². The highest BCUT2D eigenvalue weighted by atomic mass is 32.2. The lowest BCUT2D eigenvalue weighted by molar-refractivity contribution is 0.687. The highest BCUT2D eigenvalue weighted by Crippen LogP contribution is 2.29. The number of thiazole rings is 1. The zero-order chi connectivity index (χ0) is 15.0. The lowest BCUT2D eigenvalue weighted by atomic mass is 10.1. The number of hydrogen-bond acceptors (Lipinski definition) is 4. The van der Waals surface area contributed by atoms with Gasteiger partial charge in [-0.05, 0) is 25.5 Å². The van der Waals surface area contributed by atoms with Crippen molar-refractivity contribution in [3.63, 3.8) is 0 Å². The number of aromatic nitrogens is 2. The summed E-state index contributed by atoms with van der Waals surface area (Å²) in [5.41, 5.74) is 3.10. The minimum Gasteiger partial charge on any atom is -0.358 e. The SMILES string of the molecule is Cc1ncc(S(=O)Nc2ccc(C)c3c(C#N)c[nH]c23)s1. The maximum Gasteiger partial charge on any atom is 0.162 e. The molecule has 7 heteroatoms. The van der Waals surface area contributed by atoms with Crippen molar-refractivity contribution in [3.05, 3.63) is 40.7 Å². The summed E-state index contributed by atoms with van der Waals surface area (Å²) < 4.78 is 16.0. The monoisotopic (exact) mass is 316 g/mol. The molecule has 2 N–H and O–H groups in total. The average molecular weight is 316 g/mol. The van der Waals surface area contributed by atoms with E-state index in [-0.39, 0.29) is 0 Å². The third kappa shape index (κ3) is 2.44. The molecule has 0 aliphatic rings. The largest absolute Gasteiger partial charge is 0.358 e. The Morgan fingerprint density at radius 1 is 1.43 bits per heavy atom. The molecule has 106 valence electrons. The summed E-state index contributed by atoms with van der Waals surface area (Å²) in [5, 5.41) is 10.9. The summed E-state index contributed by atoms with van der Waals surface area (Å²) in [6, 6.07) is 5.94. The van der Waals surface area contributed by atoms with Crippen LogP contribution < -0.4 is 4.72 Å². The molecule has 0 bridgehead atoms. The highest BCUT2D eigenvalue weighted by molar-refractivity contribution is 7.88. The number of rotatable bonds is 3.